The maximum atomic E-state index is 5.79. The number of aryl methyl sites for hydroxylation is 1. The van der Waals surface area contributed by atoms with Crippen LogP contribution in [0.4, 0.5) is 0 Å². The molecule has 0 aliphatic heterocycles. The number of hydrogen-bond donors (Lipinski definition) is 1. The van der Waals surface area contributed by atoms with Crippen LogP contribution in [0.5, 0.6) is 0 Å². The molecule has 1 aromatic carbocycles. The van der Waals surface area contributed by atoms with Gasteiger partial charge in [0.2, 0.25) is 0 Å². The molecule has 1 heteroatoms. The van der Waals surface area contributed by atoms with Crippen molar-refractivity contribution in [3.05, 3.63) is 35.4 Å². The van der Waals surface area contributed by atoms with Gasteiger partial charge in [0.15, 0.2) is 0 Å². The van der Waals surface area contributed by atoms with Crippen LogP contribution < -0.4 is 5.73 Å². The van der Waals surface area contributed by atoms with E-state index in [0.29, 0.717) is 17.3 Å². The van der Waals surface area contributed by atoms with Crippen LogP contribution in [0.3, 0.4) is 0 Å². The number of rotatable bonds is 3. The fourth-order valence-electron chi connectivity index (χ4n) is 2.81. The van der Waals surface area contributed by atoms with Gasteiger partial charge in [-0.05, 0) is 41.3 Å². The Hall–Kier alpha value is -0.820. The third kappa shape index (κ3) is 1.69. The van der Waals surface area contributed by atoms with E-state index < -0.39 is 0 Å². The molecule has 1 nitrogen and oxygen atoms in total. The molecule has 2 rings (SSSR count). The second kappa shape index (κ2) is 3.64. The summed E-state index contributed by atoms with van der Waals surface area (Å²) < 4.78 is 0. The van der Waals surface area contributed by atoms with E-state index in [1.807, 2.05) is 0 Å². The Morgan fingerprint density at radius 3 is 2.20 bits per heavy atom. The minimum atomic E-state index is 0.405. The highest BCUT2D eigenvalue weighted by Crippen LogP contribution is 2.63. The summed E-state index contributed by atoms with van der Waals surface area (Å²) in [7, 11) is 0. The van der Waals surface area contributed by atoms with E-state index in [4.69, 9.17) is 5.73 Å². The van der Waals surface area contributed by atoms with E-state index in [-0.39, 0.29) is 0 Å². The fraction of sp³-hybridized carbons (Fsp3) is 0.571. The van der Waals surface area contributed by atoms with Crippen molar-refractivity contribution in [1.82, 2.24) is 0 Å². The van der Waals surface area contributed by atoms with Gasteiger partial charge in [-0.3, -0.25) is 0 Å². The molecular formula is C14H21N. The van der Waals surface area contributed by atoms with Gasteiger partial charge in [0, 0.05) is 0 Å². The van der Waals surface area contributed by atoms with Crippen LogP contribution in [0, 0.1) is 11.3 Å². The third-order valence-corrected chi connectivity index (χ3v) is 4.05. The molecule has 0 heterocycles. The lowest BCUT2D eigenvalue weighted by molar-refractivity contribution is 0.558. The third-order valence-electron chi connectivity index (χ3n) is 4.05. The Morgan fingerprint density at radius 2 is 1.80 bits per heavy atom. The summed E-state index contributed by atoms with van der Waals surface area (Å²) in [6, 6.07) is 9.05. The lowest BCUT2D eigenvalue weighted by Gasteiger charge is -2.04. The summed E-state index contributed by atoms with van der Waals surface area (Å²) in [6.07, 6.45) is 1.12. The van der Waals surface area contributed by atoms with Crippen molar-refractivity contribution < 1.29 is 0 Å². The van der Waals surface area contributed by atoms with Crippen molar-refractivity contribution in [2.45, 2.75) is 33.1 Å². The van der Waals surface area contributed by atoms with Crippen LogP contribution in [0.25, 0.3) is 0 Å². The lowest BCUT2D eigenvalue weighted by atomic mass is 10.0. The Labute approximate surface area is 92.7 Å². The topological polar surface area (TPSA) is 26.0 Å². The van der Waals surface area contributed by atoms with Gasteiger partial charge in [0.05, 0.1) is 0 Å². The average Bonchev–Trinajstić information content (AvgIpc) is 2.80. The van der Waals surface area contributed by atoms with Gasteiger partial charge in [-0.25, -0.2) is 0 Å². The Kier molecular flexibility index (Phi) is 2.59. The number of nitrogens with two attached hydrogens (primary N) is 1. The van der Waals surface area contributed by atoms with Gasteiger partial charge in [-0.2, -0.15) is 0 Å². The molecule has 1 aromatic rings. The van der Waals surface area contributed by atoms with Crippen molar-refractivity contribution in [2.75, 3.05) is 6.54 Å². The quantitative estimate of drug-likeness (QED) is 0.803. The molecule has 0 saturated heterocycles. The predicted molar refractivity (Wildman–Crippen MR) is 64.9 cm³/mol. The second-order valence-corrected chi connectivity index (χ2v) is 5.24. The summed E-state index contributed by atoms with van der Waals surface area (Å²) in [5, 5.41) is 0. The summed E-state index contributed by atoms with van der Waals surface area (Å²) in [5.74, 6) is 1.35. The van der Waals surface area contributed by atoms with E-state index in [9.17, 15) is 0 Å². The molecule has 1 fully saturated rings. The summed E-state index contributed by atoms with van der Waals surface area (Å²) >= 11 is 0. The zero-order valence-corrected chi connectivity index (χ0v) is 9.96. The average molecular weight is 203 g/mol. The molecule has 0 radical (unpaired) electrons. The Bertz CT molecular complexity index is 337. The van der Waals surface area contributed by atoms with Gasteiger partial charge < -0.3 is 5.73 Å². The van der Waals surface area contributed by atoms with Crippen LogP contribution in [-0.4, -0.2) is 6.54 Å². The molecule has 0 amide bonds. The molecule has 2 N–H and O–H groups in total. The van der Waals surface area contributed by atoms with E-state index in [2.05, 4.69) is 45.0 Å². The molecule has 2 atom stereocenters. The van der Waals surface area contributed by atoms with Gasteiger partial charge in [-0.1, -0.05) is 45.0 Å². The van der Waals surface area contributed by atoms with E-state index in [0.717, 1.165) is 13.0 Å². The first-order valence-electron chi connectivity index (χ1n) is 5.90. The molecule has 15 heavy (non-hydrogen) atoms. The Morgan fingerprint density at radius 1 is 1.20 bits per heavy atom. The second-order valence-electron chi connectivity index (χ2n) is 5.24. The predicted octanol–water partition coefficient (Wildman–Crippen LogP) is 2.95. The zero-order valence-electron chi connectivity index (χ0n) is 9.96. The van der Waals surface area contributed by atoms with Gasteiger partial charge >= 0.3 is 0 Å². The standard InChI is InChI=1S/C14H21N/c1-4-10-5-7-11(8-6-10)13-12(9-15)14(13,2)3/h5-8,12-13H,4,9,15H2,1-3H3/t12-,13-/m1/s1. The smallest absolute Gasteiger partial charge is 0.00375 e. The number of benzene rings is 1. The zero-order chi connectivity index (χ0) is 11.1. The molecule has 0 unspecified atom stereocenters. The molecule has 1 saturated carbocycles. The minimum absolute atomic E-state index is 0.405. The molecule has 1 aliphatic carbocycles. The van der Waals surface area contributed by atoms with Crippen molar-refractivity contribution >= 4 is 0 Å². The van der Waals surface area contributed by atoms with E-state index in [1.54, 1.807) is 0 Å². The molecular weight excluding hydrogens is 182 g/mol. The van der Waals surface area contributed by atoms with Gasteiger partial charge in [0.1, 0.15) is 0 Å². The largest absolute Gasteiger partial charge is 0.330 e. The van der Waals surface area contributed by atoms with Crippen LogP contribution in [0.1, 0.15) is 37.8 Å². The van der Waals surface area contributed by atoms with E-state index >= 15 is 0 Å². The van der Waals surface area contributed by atoms with Crippen molar-refractivity contribution in [2.24, 2.45) is 17.1 Å². The SMILES string of the molecule is CCc1ccc([C@@H]2[C@@H](CN)C2(C)C)cc1. The molecule has 82 valence electrons. The summed E-state index contributed by atoms with van der Waals surface area (Å²) in [6.45, 7) is 7.65. The highest BCUT2D eigenvalue weighted by Gasteiger charge is 2.56. The van der Waals surface area contributed by atoms with Gasteiger partial charge in [0.25, 0.3) is 0 Å². The first-order valence-corrected chi connectivity index (χ1v) is 5.90. The van der Waals surface area contributed by atoms with Crippen LogP contribution in [-0.2, 0) is 6.42 Å². The Balaban J connectivity index is 2.18. The van der Waals surface area contributed by atoms with Crippen molar-refractivity contribution in [1.29, 1.82) is 0 Å². The molecule has 0 spiro atoms. The van der Waals surface area contributed by atoms with Crippen molar-refractivity contribution in [3.63, 3.8) is 0 Å². The molecule has 1 aliphatic rings. The fourth-order valence-corrected chi connectivity index (χ4v) is 2.81. The maximum absolute atomic E-state index is 5.79. The first kappa shape index (κ1) is 10.7. The first-order chi connectivity index (χ1) is 7.11. The maximum Gasteiger partial charge on any atom is -0.00375 e. The minimum Gasteiger partial charge on any atom is -0.330 e. The molecule has 0 aromatic heterocycles. The van der Waals surface area contributed by atoms with Crippen LogP contribution in [0.2, 0.25) is 0 Å². The lowest BCUT2D eigenvalue weighted by Crippen LogP contribution is -2.05. The molecule has 0 bridgehead atoms. The monoisotopic (exact) mass is 203 g/mol. The highest BCUT2D eigenvalue weighted by molar-refractivity contribution is 5.34. The van der Waals surface area contributed by atoms with Crippen molar-refractivity contribution in [3.8, 4) is 0 Å². The highest BCUT2D eigenvalue weighted by atomic mass is 14.7. The van der Waals surface area contributed by atoms with Crippen LogP contribution in [0.15, 0.2) is 24.3 Å². The summed E-state index contributed by atoms with van der Waals surface area (Å²) in [5.41, 5.74) is 9.08. The normalized spacial score (nSPS) is 27.7. The van der Waals surface area contributed by atoms with E-state index in [1.165, 1.54) is 11.1 Å². The number of hydrogen-bond acceptors (Lipinski definition) is 1. The summed E-state index contributed by atoms with van der Waals surface area (Å²) in [4.78, 5) is 0. The van der Waals surface area contributed by atoms with Crippen LogP contribution >= 0.6 is 0 Å². The van der Waals surface area contributed by atoms with Gasteiger partial charge in [-0.15, -0.1) is 0 Å².